The van der Waals surface area contributed by atoms with Crippen LogP contribution in [0.15, 0.2) is 0 Å². The van der Waals surface area contributed by atoms with E-state index in [1.54, 1.807) is 0 Å². The van der Waals surface area contributed by atoms with E-state index in [1.165, 1.54) is 0 Å². The predicted molar refractivity (Wildman–Crippen MR) is 77.8 cm³/mol. The molecule has 0 aliphatic rings. The highest BCUT2D eigenvalue weighted by molar-refractivity contribution is 4.53. The monoisotopic (exact) mass is 232 g/mol. The zero-order valence-corrected chi connectivity index (χ0v) is 13.1. The third-order valence-corrected chi connectivity index (χ3v) is 1.19. The first-order valence-electron chi connectivity index (χ1n) is 6.80. The smallest absolute Gasteiger partial charge is 0.0456 e. The molecule has 0 saturated heterocycles. The summed E-state index contributed by atoms with van der Waals surface area (Å²) in [5, 5.41) is 6.59. The van der Waals surface area contributed by atoms with Gasteiger partial charge in [-0.2, -0.15) is 0 Å². The highest BCUT2D eigenvalue weighted by Gasteiger charge is 1.92. The Labute approximate surface area is 105 Å². The summed E-state index contributed by atoms with van der Waals surface area (Å²) < 4.78 is 0. The maximum Gasteiger partial charge on any atom is 0.0456 e. The molecule has 0 radical (unpaired) electrons. The molecule has 2 nitrogen and oxygen atoms in total. The van der Waals surface area contributed by atoms with E-state index in [1.807, 2.05) is 13.8 Å². The van der Waals surface area contributed by atoms with Crippen LogP contribution in [0.5, 0.6) is 0 Å². The van der Waals surface area contributed by atoms with E-state index in [9.17, 15) is 0 Å². The molecular formula is C14H36N2. The topological polar surface area (TPSA) is 24.1 Å². The van der Waals surface area contributed by atoms with Crippen molar-refractivity contribution in [1.82, 2.24) is 10.6 Å². The fourth-order valence-electron chi connectivity index (χ4n) is 0.637. The molecule has 102 valence electrons. The second kappa shape index (κ2) is 17.3. The molecule has 0 fully saturated rings. The van der Waals surface area contributed by atoms with Crippen LogP contribution in [0, 0.1) is 11.8 Å². The van der Waals surface area contributed by atoms with Gasteiger partial charge in [-0.3, -0.25) is 0 Å². The molecule has 0 aromatic heterocycles. The molecule has 0 aromatic rings. The SMILES string of the molecule is CC.CC(C)C.CC(C)CNCNC(C)C. The van der Waals surface area contributed by atoms with Crippen molar-refractivity contribution in [2.45, 2.75) is 68.4 Å². The number of hydrogen-bond donors (Lipinski definition) is 2. The largest absolute Gasteiger partial charge is 0.304 e. The molecule has 0 spiro atoms. The van der Waals surface area contributed by atoms with Crippen molar-refractivity contribution in [2.24, 2.45) is 11.8 Å². The lowest BCUT2D eigenvalue weighted by atomic mass is 10.2. The van der Waals surface area contributed by atoms with E-state index in [0.717, 1.165) is 25.0 Å². The van der Waals surface area contributed by atoms with E-state index in [4.69, 9.17) is 0 Å². The summed E-state index contributed by atoms with van der Waals surface area (Å²) in [4.78, 5) is 0. The van der Waals surface area contributed by atoms with Gasteiger partial charge in [-0.05, 0) is 32.2 Å². The summed E-state index contributed by atoms with van der Waals surface area (Å²) in [5.74, 6) is 1.58. The number of nitrogens with one attached hydrogen (secondary N) is 2. The zero-order valence-electron chi connectivity index (χ0n) is 13.1. The maximum absolute atomic E-state index is 3.31. The van der Waals surface area contributed by atoms with Crippen LogP contribution < -0.4 is 10.6 Å². The van der Waals surface area contributed by atoms with E-state index >= 15 is 0 Å². The molecule has 0 amide bonds. The first-order valence-corrected chi connectivity index (χ1v) is 6.80. The lowest BCUT2D eigenvalue weighted by molar-refractivity contribution is 0.486. The molecule has 0 saturated carbocycles. The molecule has 0 atom stereocenters. The molecule has 0 aromatic carbocycles. The summed E-state index contributed by atoms with van der Waals surface area (Å²) in [6.45, 7) is 21.2. The van der Waals surface area contributed by atoms with Crippen molar-refractivity contribution in [2.75, 3.05) is 13.2 Å². The van der Waals surface area contributed by atoms with Gasteiger partial charge in [0.1, 0.15) is 0 Å². The van der Waals surface area contributed by atoms with Gasteiger partial charge in [0.05, 0.1) is 0 Å². The maximum atomic E-state index is 3.31. The minimum absolute atomic E-state index is 0.583. The fourth-order valence-corrected chi connectivity index (χ4v) is 0.637. The minimum atomic E-state index is 0.583. The van der Waals surface area contributed by atoms with Gasteiger partial charge in [-0.1, -0.05) is 48.5 Å². The molecule has 0 heterocycles. The Balaban J connectivity index is -0.000000237. The van der Waals surface area contributed by atoms with Crippen LogP contribution in [0.1, 0.15) is 62.3 Å². The second-order valence-electron chi connectivity index (χ2n) is 5.12. The molecule has 0 rings (SSSR count). The Morgan fingerprint density at radius 2 is 1.19 bits per heavy atom. The molecule has 16 heavy (non-hydrogen) atoms. The van der Waals surface area contributed by atoms with Crippen molar-refractivity contribution < 1.29 is 0 Å². The molecule has 0 unspecified atom stereocenters. The fraction of sp³-hybridized carbons (Fsp3) is 1.00. The highest BCUT2D eigenvalue weighted by Crippen LogP contribution is 1.85. The van der Waals surface area contributed by atoms with Gasteiger partial charge in [0.15, 0.2) is 0 Å². The average molecular weight is 232 g/mol. The summed E-state index contributed by atoms with van der Waals surface area (Å²) in [6, 6.07) is 0.583. The van der Waals surface area contributed by atoms with Crippen LogP contribution in [0.3, 0.4) is 0 Å². The molecule has 0 aliphatic carbocycles. The van der Waals surface area contributed by atoms with Crippen molar-refractivity contribution in [3.05, 3.63) is 0 Å². The second-order valence-corrected chi connectivity index (χ2v) is 5.12. The predicted octanol–water partition coefficient (Wildman–Crippen LogP) is 3.88. The minimum Gasteiger partial charge on any atom is -0.304 e. The van der Waals surface area contributed by atoms with Gasteiger partial charge in [0.2, 0.25) is 0 Å². The lowest BCUT2D eigenvalue weighted by Crippen LogP contribution is -2.35. The third kappa shape index (κ3) is 48.5. The normalized spacial score (nSPS) is 9.75. The number of hydrogen-bond acceptors (Lipinski definition) is 2. The molecule has 0 bridgehead atoms. The van der Waals surface area contributed by atoms with Crippen molar-refractivity contribution >= 4 is 0 Å². The van der Waals surface area contributed by atoms with Gasteiger partial charge in [-0.15, -0.1) is 0 Å². The Morgan fingerprint density at radius 1 is 0.812 bits per heavy atom. The third-order valence-electron chi connectivity index (χ3n) is 1.19. The quantitative estimate of drug-likeness (QED) is 0.555. The zero-order chi connectivity index (χ0) is 13.6. The van der Waals surface area contributed by atoms with Gasteiger partial charge in [-0.25, -0.2) is 0 Å². The van der Waals surface area contributed by atoms with Gasteiger partial charge < -0.3 is 10.6 Å². The highest BCUT2D eigenvalue weighted by atomic mass is 15.1. The van der Waals surface area contributed by atoms with E-state index in [2.05, 4.69) is 59.1 Å². The van der Waals surface area contributed by atoms with Crippen LogP contribution >= 0.6 is 0 Å². The van der Waals surface area contributed by atoms with Gasteiger partial charge >= 0.3 is 0 Å². The van der Waals surface area contributed by atoms with Gasteiger partial charge in [0, 0.05) is 12.7 Å². The standard InChI is InChI=1S/C8H20N2.C4H10.C2H6/c1-7(2)5-9-6-10-8(3)4;1-4(2)3;1-2/h7-10H,5-6H2,1-4H3;4H,1-3H3;1-2H3. The van der Waals surface area contributed by atoms with Crippen LogP contribution in [0.25, 0.3) is 0 Å². The van der Waals surface area contributed by atoms with E-state index < -0.39 is 0 Å². The lowest BCUT2D eigenvalue weighted by Gasteiger charge is -2.10. The Morgan fingerprint density at radius 3 is 1.44 bits per heavy atom. The molecule has 0 aliphatic heterocycles. The summed E-state index contributed by atoms with van der Waals surface area (Å²) in [5.41, 5.74) is 0. The molecule has 2 heteroatoms. The summed E-state index contributed by atoms with van der Waals surface area (Å²) in [6.07, 6.45) is 0. The van der Waals surface area contributed by atoms with Crippen molar-refractivity contribution in [3.63, 3.8) is 0 Å². The first kappa shape index (κ1) is 21.2. The Hall–Kier alpha value is -0.0800. The average Bonchev–Trinajstić information content (AvgIpc) is 2.14. The van der Waals surface area contributed by atoms with Crippen LogP contribution in [-0.2, 0) is 0 Å². The van der Waals surface area contributed by atoms with Crippen LogP contribution in [0.4, 0.5) is 0 Å². The van der Waals surface area contributed by atoms with Crippen LogP contribution in [0.2, 0.25) is 0 Å². The number of rotatable bonds is 5. The van der Waals surface area contributed by atoms with E-state index in [-0.39, 0.29) is 0 Å². The Kier molecular flexibility index (Phi) is 23.0. The van der Waals surface area contributed by atoms with Crippen molar-refractivity contribution in [3.8, 4) is 0 Å². The van der Waals surface area contributed by atoms with Crippen LogP contribution in [-0.4, -0.2) is 19.3 Å². The summed E-state index contributed by atoms with van der Waals surface area (Å²) >= 11 is 0. The van der Waals surface area contributed by atoms with E-state index in [0.29, 0.717) is 6.04 Å². The summed E-state index contributed by atoms with van der Waals surface area (Å²) in [7, 11) is 0. The molecule has 2 N–H and O–H groups in total. The molecular weight excluding hydrogens is 196 g/mol. The Bertz CT molecular complexity index is 86.2. The first-order chi connectivity index (χ1) is 7.36. The van der Waals surface area contributed by atoms with Crippen molar-refractivity contribution in [1.29, 1.82) is 0 Å². The van der Waals surface area contributed by atoms with Gasteiger partial charge in [0.25, 0.3) is 0 Å².